The SMILES string of the molecule is CC(C)CCNC(=O)[C@H](c1ccncc1)N(C(=O)Cn1nnc2ccccc21)c1ccc(C(C)C)cc1. The lowest BCUT2D eigenvalue weighted by atomic mass is 10.0. The van der Waals surface area contributed by atoms with Gasteiger partial charge in [-0.3, -0.25) is 19.5 Å². The van der Waals surface area contributed by atoms with Crippen LogP contribution in [0.5, 0.6) is 0 Å². The highest BCUT2D eigenvalue weighted by atomic mass is 16.2. The summed E-state index contributed by atoms with van der Waals surface area (Å²) in [5, 5.41) is 11.4. The van der Waals surface area contributed by atoms with Crippen molar-refractivity contribution in [2.75, 3.05) is 11.4 Å². The summed E-state index contributed by atoms with van der Waals surface area (Å²) in [7, 11) is 0. The Bertz CT molecular complexity index is 1330. The summed E-state index contributed by atoms with van der Waals surface area (Å²) in [6, 6.07) is 18.0. The number of benzene rings is 2. The van der Waals surface area contributed by atoms with Crippen molar-refractivity contribution in [3.63, 3.8) is 0 Å². The minimum absolute atomic E-state index is 0.0622. The second-order valence-corrected chi connectivity index (χ2v) is 9.90. The number of carbonyl (C=O) groups excluding carboxylic acids is 2. The van der Waals surface area contributed by atoms with Crippen LogP contribution < -0.4 is 10.2 Å². The van der Waals surface area contributed by atoms with Crippen molar-refractivity contribution in [3.8, 4) is 0 Å². The number of carbonyl (C=O) groups is 2. The largest absolute Gasteiger partial charge is 0.354 e. The van der Waals surface area contributed by atoms with Crippen molar-refractivity contribution in [3.05, 3.63) is 84.2 Å². The molecule has 8 heteroatoms. The Morgan fingerprint density at radius 2 is 1.62 bits per heavy atom. The molecule has 0 fully saturated rings. The number of hydrogen-bond acceptors (Lipinski definition) is 5. The summed E-state index contributed by atoms with van der Waals surface area (Å²) < 4.78 is 1.58. The minimum atomic E-state index is -0.873. The molecule has 4 rings (SSSR count). The number of aromatic nitrogens is 4. The summed E-state index contributed by atoms with van der Waals surface area (Å²) in [4.78, 5) is 33.4. The highest BCUT2D eigenvalue weighted by Crippen LogP contribution is 2.30. The fraction of sp³-hybridized carbons (Fsp3) is 0.345. The number of nitrogens with one attached hydrogen (secondary N) is 1. The van der Waals surface area contributed by atoms with E-state index in [1.807, 2.05) is 48.5 Å². The Labute approximate surface area is 217 Å². The van der Waals surface area contributed by atoms with Gasteiger partial charge in [0.15, 0.2) is 0 Å². The second-order valence-electron chi connectivity index (χ2n) is 9.90. The molecule has 1 atom stereocenters. The van der Waals surface area contributed by atoms with Gasteiger partial charge in [0.25, 0.3) is 0 Å². The zero-order chi connectivity index (χ0) is 26.4. The minimum Gasteiger partial charge on any atom is -0.354 e. The quantitative estimate of drug-likeness (QED) is 0.336. The summed E-state index contributed by atoms with van der Waals surface area (Å²) in [5.74, 6) is 0.280. The molecule has 0 spiro atoms. The van der Waals surface area contributed by atoms with Gasteiger partial charge in [0.2, 0.25) is 11.8 Å². The predicted molar refractivity (Wildman–Crippen MR) is 145 cm³/mol. The van der Waals surface area contributed by atoms with E-state index in [0.717, 1.165) is 17.5 Å². The van der Waals surface area contributed by atoms with Crippen LogP contribution in [-0.2, 0) is 16.1 Å². The molecule has 0 saturated heterocycles. The lowest BCUT2D eigenvalue weighted by molar-refractivity contribution is -0.127. The van der Waals surface area contributed by atoms with Gasteiger partial charge in [-0.2, -0.15) is 0 Å². The molecular formula is C29H34N6O2. The molecule has 37 heavy (non-hydrogen) atoms. The molecule has 192 valence electrons. The first-order chi connectivity index (χ1) is 17.8. The van der Waals surface area contributed by atoms with Gasteiger partial charge >= 0.3 is 0 Å². The van der Waals surface area contributed by atoms with E-state index >= 15 is 0 Å². The fourth-order valence-corrected chi connectivity index (χ4v) is 4.24. The summed E-state index contributed by atoms with van der Waals surface area (Å²) in [6.45, 7) is 8.93. The molecule has 2 heterocycles. The van der Waals surface area contributed by atoms with Gasteiger partial charge in [-0.1, -0.05) is 57.2 Å². The first kappa shape index (κ1) is 26.0. The van der Waals surface area contributed by atoms with Crippen molar-refractivity contribution >= 4 is 28.5 Å². The average Bonchev–Trinajstić information content (AvgIpc) is 3.30. The van der Waals surface area contributed by atoms with Gasteiger partial charge in [0.1, 0.15) is 18.1 Å². The highest BCUT2D eigenvalue weighted by molar-refractivity contribution is 6.01. The molecule has 8 nitrogen and oxygen atoms in total. The summed E-state index contributed by atoms with van der Waals surface area (Å²) >= 11 is 0. The molecule has 0 aliphatic carbocycles. The van der Waals surface area contributed by atoms with E-state index < -0.39 is 6.04 Å². The van der Waals surface area contributed by atoms with E-state index in [1.165, 1.54) is 0 Å². The average molecular weight is 499 g/mol. The van der Waals surface area contributed by atoms with E-state index in [-0.39, 0.29) is 18.4 Å². The standard InChI is InChI=1S/C29H34N6O2/c1-20(2)13-18-31-29(37)28(23-14-16-30-17-15-23)35(24-11-9-22(10-12-24)21(3)4)27(36)19-34-26-8-6-5-7-25(26)32-33-34/h5-12,14-17,20-21,28H,13,18-19H2,1-4H3,(H,31,37)/t28-/m0/s1. The molecule has 0 aliphatic rings. The number of anilines is 1. The van der Waals surface area contributed by atoms with Crippen LogP contribution in [0.3, 0.4) is 0 Å². The predicted octanol–water partition coefficient (Wildman–Crippen LogP) is 4.89. The van der Waals surface area contributed by atoms with Crippen molar-refractivity contribution < 1.29 is 9.59 Å². The van der Waals surface area contributed by atoms with E-state index in [4.69, 9.17) is 0 Å². The Hall–Kier alpha value is -4.07. The Kier molecular flexibility index (Phi) is 8.28. The molecule has 0 unspecified atom stereocenters. The first-order valence-corrected chi connectivity index (χ1v) is 12.7. The third kappa shape index (κ3) is 6.20. The second kappa shape index (κ2) is 11.8. The summed E-state index contributed by atoms with van der Waals surface area (Å²) in [5.41, 5.74) is 3.94. The smallest absolute Gasteiger partial charge is 0.249 e. The highest BCUT2D eigenvalue weighted by Gasteiger charge is 2.33. The zero-order valence-electron chi connectivity index (χ0n) is 21.8. The lowest BCUT2D eigenvalue weighted by Crippen LogP contribution is -2.45. The molecular weight excluding hydrogens is 464 g/mol. The van der Waals surface area contributed by atoms with Gasteiger partial charge in [-0.05, 0) is 65.8 Å². The van der Waals surface area contributed by atoms with Crippen LogP contribution in [0.2, 0.25) is 0 Å². The molecule has 0 radical (unpaired) electrons. The molecule has 1 N–H and O–H groups in total. The maximum absolute atomic E-state index is 14.0. The van der Waals surface area contributed by atoms with Crippen LogP contribution >= 0.6 is 0 Å². The third-order valence-electron chi connectivity index (χ3n) is 6.36. The van der Waals surface area contributed by atoms with Crippen LogP contribution in [0.15, 0.2) is 73.1 Å². The molecule has 0 saturated carbocycles. The number of para-hydroxylation sites is 1. The van der Waals surface area contributed by atoms with Crippen LogP contribution in [0.1, 0.15) is 57.2 Å². The number of hydrogen-bond donors (Lipinski definition) is 1. The van der Waals surface area contributed by atoms with Crippen LogP contribution in [0.4, 0.5) is 5.69 Å². The van der Waals surface area contributed by atoms with Crippen LogP contribution in [-0.4, -0.2) is 38.3 Å². The van der Waals surface area contributed by atoms with E-state index in [9.17, 15) is 9.59 Å². The molecule has 0 bridgehead atoms. The number of pyridine rings is 1. The van der Waals surface area contributed by atoms with Gasteiger partial charge < -0.3 is 5.32 Å². The maximum atomic E-state index is 14.0. The molecule has 0 aliphatic heterocycles. The number of nitrogens with zero attached hydrogens (tertiary/aromatic N) is 5. The zero-order valence-corrected chi connectivity index (χ0v) is 21.8. The third-order valence-corrected chi connectivity index (χ3v) is 6.36. The number of amides is 2. The molecule has 2 amide bonds. The number of rotatable bonds is 10. The summed E-state index contributed by atoms with van der Waals surface area (Å²) in [6.07, 6.45) is 4.12. The van der Waals surface area contributed by atoms with Crippen molar-refractivity contribution in [2.45, 2.75) is 52.6 Å². The lowest BCUT2D eigenvalue weighted by Gasteiger charge is -2.32. The van der Waals surface area contributed by atoms with E-state index in [2.05, 4.69) is 48.3 Å². The number of fused-ring (bicyclic) bond motifs is 1. The molecule has 4 aromatic rings. The Balaban J connectivity index is 1.75. The van der Waals surface area contributed by atoms with E-state index in [0.29, 0.717) is 35.1 Å². The van der Waals surface area contributed by atoms with Gasteiger partial charge in [-0.15, -0.1) is 5.10 Å². The normalized spacial score (nSPS) is 12.2. The van der Waals surface area contributed by atoms with Gasteiger partial charge in [0, 0.05) is 24.6 Å². The monoisotopic (exact) mass is 498 g/mol. The Morgan fingerprint density at radius 3 is 2.30 bits per heavy atom. The van der Waals surface area contributed by atoms with Crippen LogP contribution in [0.25, 0.3) is 11.0 Å². The van der Waals surface area contributed by atoms with Crippen molar-refractivity contribution in [1.29, 1.82) is 0 Å². The van der Waals surface area contributed by atoms with Gasteiger partial charge in [-0.25, -0.2) is 4.68 Å². The topological polar surface area (TPSA) is 93.0 Å². The molecule has 2 aromatic heterocycles. The Morgan fingerprint density at radius 1 is 0.919 bits per heavy atom. The van der Waals surface area contributed by atoms with E-state index in [1.54, 1.807) is 34.1 Å². The van der Waals surface area contributed by atoms with Gasteiger partial charge in [0.05, 0.1) is 5.52 Å². The maximum Gasteiger partial charge on any atom is 0.249 e. The fourth-order valence-electron chi connectivity index (χ4n) is 4.24. The van der Waals surface area contributed by atoms with Crippen LogP contribution in [0, 0.1) is 5.92 Å². The van der Waals surface area contributed by atoms with Crippen molar-refractivity contribution in [2.24, 2.45) is 5.92 Å². The first-order valence-electron chi connectivity index (χ1n) is 12.7. The molecule has 2 aromatic carbocycles. The van der Waals surface area contributed by atoms with Crippen molar-refractivity contribution in [1.82, 2.24) is 25.3 Å².